The fourth-order valence-corrected chi connectivity index (χ4v) is 5.14. The third-order valence-corrected chi connectivity index (χ3v) is 6.52. The molecule has 32 heavy (non-hydrogen) atoms. The first-order chi connectivity index (χ1) is 15.3. The Bertz CT molecular complexity index is 1250. The first kappa shape index (κ1) is 20.7. The molecule has 162 valence electrons. The Hall–Kier alpha value is -3.24. The molecule has 7 heteroatoms. The van der Waals surface area contributed by atoms with Gasteiger partial charge in [-0.15, -0.1) is 0 Å². The minimum absolute atomic E-state index is 0.00254. The van der Waals surface area contributed by atoms with Crippen LogP contribution in [0.4, 0.5) is 17.6 Å². The highest BCUT2D eigenvalue weighted by molar-refractivity contribution is 5.72. The molecule has 1 N–H and O–H groups in total. The van der Waals surface area contributed by atoms with Crippen LogP contribution in [0.15, 0.2) is 48.8 Å². The van der Waals surface area contributed by atoms with E-state index >= 15 is 0 Å². The molecule has 0 saturated carbocycles. The van der Waals surface area contributed by atoms with E-state index in [0.29, 0.717) is 27.8 Å². The minimum atomic E-state index is -3.36. The molecule has 0 bridgehead atoms. The highest BCUT2D eigenvalue weighted by atomic mass is 19.3. The lowest BCUT2D eigenvalue weighted by Crippen LogP contribution is -2.22. The zero-order valence-corrected chi connectivity index (χ0v) is 16.8. The Morgan fingerprint density at radius 3 is 2.62 bits per heavy atom. The molecule has 0 saturated heterocycles. The van der Waals surface area contributed by atoms with Crippen molar-refractivity contribution in [2.75, 3.05) is 0 Å². The molecule has 0 radical (unpaired) electrons. The van der Waals surface area contributed by atoms with Crippen molar-refractivity contribution in [1.82, 2.24) is 4.98 Å². The number of fused-ring (bicyclic) bond motifs is 2. The van der Waals surface area contributed by atoms with Gasteiger partial charge in [0.15, 0.2) is 0 Å². The van der Waals surface area contributed by atoms with Crippen molar-refractivity contribution in [3.63, 3.8) is 0 Å². The summed E-state index contributed by atoms with van der Waals surface area (Å²) in [7, 11) is 0. The smallest absolute Gasteiger partial charge is 0.281 e. The lowest BCUT2D eigenvalue weighted by molar-refractivity contribution is -0.0966. The van der Waals surface area contributed by atoms with Gasteiger partial charge >= 0.3 is 0 Å². The number of nitriles is 1. The number of aliphatic hydroxyl groups is 1. The van der Waals surface area contributed by atoms with Gasteiger partial charge in [-0.25, -0.2) is 17.6 Å². The first-order valence-electron chi connectivity index (χ1n) is 10.3. The molecule has 3 aromatic rings. The summed E-state index contributed by atoms with van der Waals surface area (Å²) in [6, 6.07) is 10.8. The fraction of sp³-hybridized carbons (Fsp3) is 0.280. The van der Waals surface area contributed by atoms with Gasteiger partial charge in [0.25, 0.3) is 5.92 Å². The Kier molecular flexibility index (Phi) is 4.79. The second-order valence-corrected chi connectivity index (χ2v) is 8.34. The molecule has 0 fully saturated rings. The van der Waals surface area contributed by atoms with Crippen LogP contribution in [0.25, 0.3) is 11.1 Å². The molecular formula is C25H18F4N2O. The average Bonchev–Trinajstić information content (AvgIpc) is 3.03. The van der Waals surface area contributed by atoms with Crippen molar-refractivity contribution in [1.29, 1.82) is 5.26 Å². The van der Waals surface area contributed by atoms with Crippen LogP contribution in [0.1, 0.15) is 64.4 Å². The molecule has 0 spiro atoms. The monoisotopic (exact) mass is 438 g/mol. The predicted molar refractivity (Wildman–Crippen MR) is 109 cm³/mol. The Morgan fingerprint density at radius 1 is 1.09 bits per heavy atom. The number of hydrogen-bond donors (Lipinski definition) is 1. The number of benzene rings is 2. The maximum atomic E-state index is 14.7. The average molecular weight is 438 g/mol. The molecule has 0 unspecified atom stereocenters. The Balaban J connectivity index is 1.75. The van der Waals surface area contributed by atoms with Gasteiger partial charge in [-0.05, 0) is 64.4 Å². The molecule has 5 rings (SSSR count). The lowest BCUT2D eigenvalue weighted by Gasteiger charge is -2.31. The van der Waals surface area contributed by atoms with Gasteiger partial charge in [-0.1, -0.05) is 18.2 Å². The van der Waals surface area contributed by atoms with Gasteiger partial charge in [0, 0.05) is 30.3 Å². The SMILES string of the molecule is N#Cc1cc(F)cc2c1[C@@H](c1ccc(-c3cccnc3)c3c1CC(F)(F)[C@H]3O)CC[C@@H]2F. The summed E-state index contributed by atoms with van der Waals surface area (Å²) in [6.07, 6.45) is -0.608. The maximum absolute atomic E-state index is 14.7. The van der Waals surface area contributed by atoms with E-state index in [1.165, 1.54) is 0 Å². The maximum Gasteiger partial charge on any atom is 0.281 e. The molecule has 3 nitrogen and oxygen atoms in total. The highest BCUT2D eigenvalue weighted by Gasteiger charge is 2.49. The van der Waals surface area contributed by atoms with E-state index in [1.54, 1.807) is 36.7 Å². The van der Waals surface area contributed by atoms with Gasteiger partial charge in [-0.3, -0.25) is 4.98 Å². The quantitative estimate of drug-likeness (QED) is 0.506. The zero-order valence-electron chi connectivity index (χ0n) is 16.8. The van der Waals surface area contributed by atoms with E-state index in [0.717, 1.165) is 12.1 Å². The second kappa shape index (κ2) is 7.42. The molecule has 0 aliphatic heterocycles. The number of aliphatic hydroxyl groups excluding tert-OH is 1. The third-order valence-electron chi connectivity index (χ3n) is 6.52. The zero-order chi connectivity index (χ0) is 22.6. The molecule has 0 amide bonds. The minimum Gasteiger partial charge on any atom is -0.382 e. The molecule has 1 heterocycles. The van der Waals surface area contributed by atoms with Crippen molar-refractivity contribution < 1.29 is 22.7 Å². The van der Waals surface area contributed by atoms with Crippen LogP contribution < -0.4 is 0 Å². The van der Waals surface area contributed by atoms with Crippen LogP contribution in [0.2, 0.25) is 0 Å². The summed E-state index contributed by atoms with van der Waals surface area (Å²) >= 11 is 0. The number of pyridine rings is 1. The van der Waals surface area contributed by atoms with Crippen LogP contribution in [-0.4, -0.2) is 16.0 Å². The summed E-state index contributed by atoms with van der Waals surface area (Å²) in [5.74, 6) is -4.62. The summed E-state index contributed by atoms with van der Waals surface area (Å²) in [6.45, 7) is 0. The molecule has 2 aliphatic rings. The van der Waals surface area contributed by atoms with Crippen LogP contribution >= 0.6 is 0 Å². The summed E-state index contributed by atoms with van der Waals surface area (Å²) in [5, 5.41) is 20.1. The number of aromatic nitrogens is 1. The van der Waals surface area contributed by atoms with E-state index in [2.05, 4.69) is 4.98 Å². The summed E-state index contributed by atoms with van der Waals surface area (Å²) < 4.78 is 58.1. The highest BCUT2D eigenvalue weighted by Crippen LogP contribution is 2.52. The van der Waals surface area contributed by atoms with Crippen LogP contribution in [0.5, 0.6) is 0 Å². The standard InChI is InChI=1S/C25H18F4N2O/c26-15-8-14(11-30)22-18(5-6-21(27)19(22)9-15)17-4-3-16(13-2-1-7-31-12-13)23-20(17)10-25(28,29)24(23)32/h1-4,7-9,12,18,21,24,32H,5-6,10H2/t18-,21+,24+/m1/s1. The number of hydrogen-bond acceptors (Lipinski definition) is 3. The van der Waals surface area contributed by atoms with Gasteiger partial charge in [0.05, 0.1) is 11.6 Å². The second-order valence-electron chi connectivity index (χ2n) is 8.34. The Morgan fingerprint density at radius 2 is 1.91 bits per heavy atom. The van der Waals surface area contributed by atoms with Crippen LogP contribution in [0, 0.1) is 17.1 Å². The normalized spacial score (nSPS) is 23.3. The molecule has 2 aromatic carbocycles. The summed E-state index contributed by atoms with van der Waals surface area (Å²) in [5.41, 5.74) is 2.43. The number of nitrogens with zero attached hydrogens (tertiary/aromatic N) is 2. The molecule has 3 atom stereocenters. The largest absolute Gasteiger partial charge is 0.382 e. The van der Waals surface area contributed by atoms with Crippen molar-refractivity contribution in [2.24, 2.45) is 0 Å². The van der Waals surface area contributed by atoms with E-state index in [1.807, 2.05) is 6.07 Å². The van der Waals surface area contributed by atoms with E-state index in [4.69, 9.17) is 0 Å². The van der Waals surface area contributed by atoms with E-state index in [-0.39, 0.29) is 29.5 Å². The van der Waals surface area contributed by atoms with Crippen molar-refractivity contribution in [3.05, 3.63) is 88.0 Å². The topological polar surface area (TPSA) is 56.9 Å². The molecular weight excluding hydrogens is 420 g/mol. The van der Waals surface area contributed by atoms with Crippen molar-refractivity contribution in [3.8, 4) is 17.2 Å². The predicted octanol–water partition coefficient (Wildman–Crippen LogP) is 5.92. The van der Waals surface area contributed by atoms with Gasteiger partial charge in [-0.2, -0.15) is 5.26 Å². The van der Waals surface area contributed by atoms with Gasteiger partial charge < -0.3 is 5.11 Å². The number of rotatable bonds is 2. The number of halogens is 4. The molecule has 2 aliphatic carbocycles. The molecule has 1 aromatic heterocycles. The Labute approximate surface area is 182 Å². The first-order valence-corrected chi connectivity index (χ1v) is 10.3. The lowest BCUT2D eigenvalue weighted by atomic mass is 9.74. The van der Waals surface area contributed by atoms with E-state index < -0.39 is 36.4 Å². The fourth-order valence-electron chi connectivity index (χ4n) is 5.14. The van der Waals surface area contributed by atoms with Gasteiger partial charge in [0.1, 0.15) is 18.1 Å². The van der Waals surface area contributed by atoms with Crippen LogP contribution in [-0.2, 0) is 6.42 Å². The van der Waals surface area contributed by atoms with Gasteiger partial charge in [0.2, 0.25) is 0 Å². The third kappa shape index (κ3) is 3.09. The van der Waals surface area contributed by atoms with E-state index in [9.17, 15) is 27.9 Å². The number of alkyl halides is 3. The van der Waals surface area contributed by atoms with Crippen LogP contribution in [0.3, 0.4) is 0 Å². The van der Waals surface area contributed by atoms with Crippen molar-refractivity contribution >= 4 is 0 Å². The summed E-state index contributed by atoms with van der Waals surface area (Å²) in [4.78, 5) is 4.05. The van der Waals surface area contributed by atoms with Crippen molar-refractivity contribution in [2.45, 2.75) is 43.4 Å².